The molecule has 1 amide bonds. The Kier molecular flexibility index (Phi) is 5.85. The van der Waals surface area contributed by atoms with Crippen molar-refractivity contribution < 1.29 is 14.3 Å². The maximum absolute atomic E-state index is 12.6. The minimum atomic E-state index is -0.681. The molecule has 4 nitrogen and oxygen atoms in total. The minimum Gasteiger partial charge on any atom is -0.465 e. The maximum atomic E-state index is 12.6. The highest BCUT2D eigenvalue weighted by atomic mass is 32.2. The number of hydrogen-bond acceptors (Lipinski definition) is 6. The van der Waals surface area contributed by atoms with Crippen molar-refractivity contribution in [1.29, 1.82) is 0 Å². The Bertz CT molecular complexity index is 1170. The topological polar surface area (TPSA) is 46.6 Å². The molecule has 7 heteroatoms. The summed E-state index contributed by atoms with van der Waals surface area (Å²) in [6.45, 7) is 5.48. The highest BCUT2D eigenvalue weighted by Crippen LogP contribution is 2.58. The van der Waals surface area contributed by atoms with E-state index in [-0.39, 0.29) is 11.9 Å². The molecule has 0 aromatic heterocycles. The van der Waals surface area contributed by atoms with Crippen molar-refractivity contribution in [3.63, 3.8) is 0 Å². The third-order valence-electron chi connectivity index (χ3n) is 5.28. The maximum Gasteiger partial charge on any atom is 0.345 e. The predicted molar refractivity (Wildman–Crippen MR) is 134 cm³/mol. The number of para-hydroxylation sites is 1. The highest BCUT2D eigenvalue weighted by molar-refractivity contribution is 8.32. The van der Waals surface area contributed by atoms with Gasteiger partial charge in [0.15, 0.2) is 0 Å². The Balaban J connectivity index is 1.92. The van der Waals surface area contributed by atoms with Crippen molar-refractivity contribution in [3.8, 4) is 0 Å². The van der Waals surface area contributed by atoms with Crippen LogP contribution < -0.4 is 4.90 Å². The highest BCUT2D eigenvalue weighted by Gasteiger charge is 2.44. The fraction of sp³-hybridized carbons (Fsp3) is 0.208. The summed E-state index contributed by atoms with van der Waals surface area (Å²) in [6.07, 6.45) is 0. The molecule has 158 valence electrons. The molecule has 0 unspecified atom stereocenters. The van der Waals surface area contributed by atoms with Gasteiger partial charge in [-0.15, -0.1) is 0 Å². The second-order valence-electron chi connectivity index (χ2n) is 7.64. The fourth-order valence-corrected chi connectivity index (χ4v) is 7.04. The van der Waals surface area contributed by atoms with Gasteiger partial charge in [0.1, 0.15) is 4.91 Å². The van der Waals surface area contributed by atoms with Crippen molar-refractivity contribution in [2.75, 3.05) is 12.0 Å². The van der Waals surface area contributed by atoms with Gasteiger partial charge in [-0.1, -0.05) is 84.3 Å². The SMILES string of the molecule is COC(=O)C1=C(c2ccccc2)S/C(=C2/C(=S)C(C)(C)N(C(C)=O)c3ccccc32)S1. The summed E-state index contributed by atoms with van der Waals surface area (Å²) in [7, 11) is 1.39. The molecule has 0 radical (unpaired) electrons. The number of amides is 1. The number of hydrogen-bond donors (Lipinski definition) is 0. The van der Waals surface area contributed by atoms with E-state index in [1.807, 2.05) is 68.4 Å². The van der Waals surface area contributed by atoms with E-state index < -0.39 is 5.54 Å². The van der Waals surface area contributed by atoms with Gasteiger partial charge in [0.25, 0.3) is 0 Å². The second-order valence-corrected chi connectivity index (χ2v) is 10.4. The normalized spacial score (nSPS) is 20.0. The first kappa shape index (κ1) is 21.9. The van der Waals surface area contributed by atoms with Crippen LogP contribution in [0.1, 0.15) is 31.9 Å². The largest absolute Gasteiger partial charge is 0.465 e. The lowest BCUT2D eigenvalue weighted by Crippen LogP contribution is -2.55. The second kappa shape index (κ2) is 8.30. The van der Waals surface area contributed by atoms with E-state index in [1.165, 1.54) is 30.6 Å². The molecule has 0 N–H and O–H groups in total. The molecule has 0 aliphatic carbocycles. The van der Waals surface area contributed by atoms with Gasteiger partial charge < -0.3 is 9.64 Å². The van der Waals surface area contributed by atoms with Crippen molar-refractivity contribution in [1.82, 2.24) is 0 Å². The standard InChI is InChI=1S/C24H21NO3S3/c1-14(26)25-17-13-9-8-12-16(17)18(21(29)24(25,2)3)23-30-19(15-10-6-5-7-11-15)20(31-23)22(27)28-4/h5-13H,1-4H3/b23-18-. The first-order valence-corrected chi connectivity index (χ1v) is 11.7. The lowest BCUT2D eigenvalue weighted by Gasteiger charge is -2.44. The Morgan fingerprint density at radius 2 is 1.65 bits per heavy atom. The average molecular weight is 468 g/mol. The molecule has 2 aliphatic heterocycles. The van der Waals surface area contributed by atoms with Crippen LogP contribution in [0.15, 0.2) is 63.7 Å². The van der Waals surface area contributed by atoms with Gasteiger partial charge in [0.2, 0.25) is 5.91 Å². The smallest absolute Gasteiger partial charge is 0.345 e. The summed E-state index contributed by atoms with van der Waals surface area (Å²) in [6, 6.07) is 17.6. The lowest BCUT2D eigenvalue weighted by atomic mass is 9.83. The quantitative estimate of drug-likeness (QED) is 0.312. The van der Waals surface area contributed by atoms with Gasteiger partial charge in [0, 0.05) is 23.0 Å². The summed E-state index contributed by atoms with van der Waals surface area (Å²) in [5.74, 6) is -0.430. The molecule has 0 atom stereocenters. The van der Waals surface area contributed by atoms with Crippen LogP contribution in [0.25, 0.3) is 10.5 Å². The zero-order valence-corrected chi connectivity index (χ0v) is 20.0. The van der Waals surface area contributed by atoms with E-state index in [1.54, 1.807) is 11.8 Å². The molecule has 0 bridgehead atoms. The van der Waals surface area contributed by atoms with E-state index in [9.17, 15) is 9.59 Å². The fourth-order valence-electron chi connectivity index (χ4n) is 3.88. The van der Waals surface area contributed by atoms with E-state index >= 15 is 0 Å². The van der Waals surface area contributed by atoms with E-state index in [0.29, 0.717) is 9.77 Å². The van der Waals surface area contributed by atoms with Gasteiger partial charge in [0.05, 0.1) is 27.4 Å². The third kappa shape index (κ3) is 3.64. The number of ether oxygens (including phenoxy) is 1. The van der Waals surface area contributed by atoms with Crippen LogP contribution in [0.3, 0.4) is 0 Å². The molecule has 0 spiro atoms. The minimum absolute atomic E-state index is 0.0612. The van der Waals surface area contributed by atoms with Crippen molar-refractivity contribution >= 4 is 68.6 Å². The molecule has 0 saturated carbocycles. The van der Waals surface area contributed by atoms with Crippen LogP contribution in [-0.2, 0) is 14.3 Å². The summed E-state index contributed by atoms with van der Waals surface area (Å²) in [5.41, 5.74) is 2.89. The van der Waals surface area contributed by atoms with Gasteiger partial charge in [-0.3, -0.25) is 4.79 Å². The summed E-state index contributed by atoms with van der Waals surface area (Å²) < 4.78 is 5.99. The summed E-state index contributed by atoms with van der Waals surface area (Å²) in [5, 5.41) is 0. The van der Waals surface area contributed by atoms with Crippen molar-refractivity contribution in [2.45, 2.75) is 26.3 Å². The number of thiocarbonyl (C=S) groups is 1. The van der Waals surface area contributed by atoms with E-state index in [2.05, 4.69) is 0 Å². The molecular formula is C24H21NO3S3. The molecular weight excluding hydrogens is 446 g/mol. The molecule has 2 aromatic rings. The summed E-state index contributed by atoms with van der Waals surface area (Å²) >= 11 is 8.86. The van der Waals surface area contributed by atoms with Crippen LogP contribution in [-0.4, -0.2) is 29.4 Å². The number of esters is 1. The predicted octanol–water partition coefficient (Wildman–Crippen LogP) is 5.89. The van der Waals surface area contributed by atoms with Gasteiger partial charge >= 0.3 is 5.97 Å². The van der Waals surface area contributed by atoms with Crippen molar-refractivity contribution in [2.24, 2.45) is 0 Å². The third-order valence-corrected chi connectivity index (χ3v) is 8.61. The molecule has 0 fully saturated rings. The first-order valence-electron chi connectivity index (χ1n) is 9.70. The van der Waals surface area contributed by atoms with Crippen LogP contribution in [0, 0.1) is 0 Å². The Labute approximate surface area is 195 Å². The molecule has 0 saturated heterocycles. The molecule has 2 aliphatic rings. The Morgan fingerprint density at radius 3 is 2.29 bits per heavy atom. The molecule has 4 rings (SSSR count). The lowest BCUT2D eigenvalue weighted by molar-refractivity contribution is -0.135. The number of thioether (sulfide) groups is 2. The number of methoxy groups -OCH3 is 1. The number of anilines is 1. The molecule has 2 heterocycles. The van der Waals surface area contributed by atoms with Crippen LogP contribution in [0.5, 0.6) is 0 Å². The first-order chi connectivity index (χ1) is 14.8. The number of carbonyl (C=O) groups excluding carboxylic acids is 2. The number of nitrogens with zero attached hydrogens (tertiary/aromatic N) is 1. The number of carbonyl (C=O) groups is 2. The average Bonchev–Trinajstić information content (AvgIpc) is 3.19. The van der Waals surface area contributed by atoms with E-state index in [4.69, 9.17) is 17.0 Å². The van der Waals surface area contributed by atoms with Crippen LogP contribution >= 0.6 is 35.7 Å². The number of fused-ring (bicyclic) bond motifs is 1. The van der Waals surface area contributed by atoms with Crippen LogP contribution in [0.2, 0.25) is 0 Å². The van der Waals surface area contributed by atoms with Gasteiger partial charge in [-0.2, -0.15) is 0 Å². The van der Waals surface area contributed by atoms with Crippen molar-refractivity contribution in [3.05, 3.63) is 74.9 Å². The van der Waals surface area contributed by atoms with E-state index in [0.717, 1.165) is 31.5 Å². The zero-order valence-electron chi connectivity index (χ0n) is 17.6. The Morgan fingerprint density at radius 1 is 1.00 bits per heavy atom. The Hall–Kier alpha value is -2.35. The molecule has 31 heavy (non-hydrogen) atoms. The van der Waals surface area contributed by atoms with Crippen LogP contribution in [0.4, 0.5) is 5.69 Å². The van der Waals surface area contributed by atoms with Gasteiger partial charge in [-0.05, 0) is 25.5 Å². The number of rotatable bonds is 2. The monoisotopic (exact) mass is 467 g/mol. The summed E-state index contributed by atoms with van der Waals surface area (Å²) in [4.78, 5) is 29.0. The van der Waals surface area contributed by atoms with Gasteiger partial charge in [-0.25, -0.2) is 4.79 Å². The zero-order chi connectivity index (χ0) is 22.3. The molecule has 2 aromatic carbocycles. The number of benzene rings is 2.